The van der Waals surface area contributed by atoms with Crippen LogP contribution in [-0.2, 0) is 4.79 Å². The number of hydrogen-bond acceptors (Lipinski definition) is 5. The normalized spacial score (nSPS) is 11.6. The molecule has 0 aliphatic carbocycles. The number of aromatic nitrogens is 4. The molecule has 0 saturated heterocycles. The Kier molecular flexibility index (Phi) is 5.82. The average Bonchev–Trinajstić information content (AvgIpc) is 3.60. The van der Waals surface area contributed by atoms with E-state index in [1.54, 1.807) is 23.7 Å². The van der Waals surface area contributed by atoms with Crippen molar-refractivity contribution in [2.75, 3.05) is 26.0 Å². The quantitative estimate of drug-likeness (QED) is 0.247. The van der Waals surface area contributed by atoms with E-state index in [2.05, 4.69) is 74.9 Å². The number of aryl methyl sites for hydroxylation is 1. The van der Waals surface area contributed by atoms with Crippen LogP contribution in [0.15, 0.2) is 73.1 Å². The Bertz CT molecular complexity index is 1760. The van der Waals surface area contributed by atoms with E-state index >= 15 is 0 Å². The molecule has 0 spiro atoms. The van der Waals surface area contributed by atoms with E-state index in [1.807, 2.05) is 37.2 Å². The number of nitrogens with one attached hydrogen (secondary N) is 3. The smallest absolute Gasteiger partial charge is 0.238 e. The molecule has 0 radical (unpaired) electrons. The SMILES string of the molecule is Cc1ccc(-c2cccc3[nH]c(-c4n[nH]c5ccc(-c6cncc(NC(=O)CN(C)C)c6)cc45)cc23)s1. The largest absolute Gasteiger partial charge is 0.353 e. The first-order valence-electron chi connectivity index (χ1n) is 12.0. The number of amides is 1. The zero-order chi connectivity index (χ0) is 25.5. The standard InChI is InChI=1S/C29H26N6OS/c1-17-7-10-27(37-17)21-5-4-6-24-22(21)13-26(32-24)29-23-12-18(8-9-25(23)33-34-29)19-11-20(15-30-14-19)31-28(36)16-35(2)3/h4-15,32H,16H2,1-3H3,(H,31,36)(H,33,34). The summed E-state index contributed by atoms with van der Waals surface area (Å²) in [4.78, 5) is 24.5. The summed E-state index contributed by atoms with van der Waals surface area (Å²) in [6.07, 6.45) is 3.47. The summed E-state index contributed by atoms with van der Waals surface area (Å²) in [6, 6.07) is 21.0. The number of carbonyl (C=O) groups excluding carboxylic acids is 1. The van der Waals surface area contributed by atoms with Crippen molar-refractivity contribution < 1.29 is 4.79 Å². The van der Waals surface area contributed by atoms with Crippen LogP contribution in [0.25, 0.3) is 54.8 Å². The number of carbonyl (C=O) groups is 1. The first kappa shape index (κ1) is 23.1. The topological polar surface area (TPSA) is 89.7 Å². The minimum Gasteiger partial charge on any atom is -0.353 e. The van der Waals surface area contributed by atoms with Gasteiger partial charge in [0.1, 0.15) is 5.69 Å². The van der Waals surface area contributed by atoms with Gasteiger partial charge in [-0.2, -0.15) is 5.10 Å². The van der Waals surface area contributed by atoms with E-state index < -0.39 is 0 Å². The number of benzene rings is 2. The molecule has 0 saturated carbocycles. The van der Waals surface area contributed by atoms with E-state index in [9.17, 15) is 4.79 Å². The predicted molar refractivity (Wildman–Crippen MR) is 152 cm³/mol. The molecule has 6 rings (SSSR count). The molecule has 184 valence electrons. The second kappa shape index (κ2) is 9.31. The monoisotopic (exact) mass is 506 g/mol. The van der Waals surface area contributed by atoms with Gasteiger partial charge in [0.2, 0.25) is 5.91 Å². The molecule has 8 heteroatoms. The summed E-state index contributed by atoms with van der Waals surface area (Å²) in [7, 11) is 3.73. The van der Waals surface area contributed by atoms with Gasteiger partial charge >= 0.3 is 0 Å². The van der Waals surface area contributed by atoms with Gasteiger partial charge in [-0.1, -0.05) is 18.2 Å². The Morgan fingerprint density at radius 3 is 2.68 bits per heavy atom. The molecule has 7 nitrogen and oxygen atoms in total. The maximum atomic E-state index is 12.2. The number of rotatable bonds is 6. The Morgan fingerprint density at radius 1 is 0.973 bits per heavy atom. The first-order valence-corrected chi connectivity index (χ1v) is 12.8. The van der Waals surface area contributed by atoms with E-state index in [-0.39, 0.29) is 5.91 Å². The summed E-state index contributed by atoms with van der Waals surface area (Å²) in [5.74, 6) is -0.0765. The highest BCUT2D eigenvalue weighted by Crippen LogP contribution is 2.37. The average molecular weight is 507 g/mol. The third-order valence-electron chi connectivity index (χ3n) is 6.30. The van der Waals surface area contributed by atoms with Gasteiger partial charge in [-0.25, -0.2) is 0 Å². The van der Waals surface area contributed by atoms with Crippen molar-refractivity contribution in [3.8, 4) is 33.0 Å². The summed E-state index contributed by atoms with van der Waals surface area (Å²) < 4.78 is 0. The highest BCUT2D eigenvalue weighted by atomic mass is 32.1. The van der Waals surface area contributed by atoms with Crippen molar-refractivity contribution in [1.82, 2.24) is 25.1 Å². The van der Waals surface area contributed by atoms with Gasteiger partial charge in [0.05, 0.1) is 29.6 Å². The molecule has 0 aliphatic rings. The maximum absolute atomic E-state index is 12.2. The molecule has 6 aromatic rings. The number of pyridine rings is 1. The lowest BCUT2D eigenvalue weighted by atomic mass is 10.0. The summed E-state index contributed by atoms with van der Waals surface area (Å²) in [5.41, 5.74) is 7.67. The number of nitrogens with zero attached hydrogens (tertiary/aromatic N) is 3. The van der Waals surface area contributed by atoms with Crippen LogP contribution in [0.1, 0.15) is 4.88 Å². The van der Waals surface area contributed by atoms with Gasteiger partial charge in [0.25, 0.3) is 0 Å². The number of anilines is 1. The minimum atomic E-state index is -0.0765. The molecule has 0 atom stereocenters. The van der Waals surface area contributed by atoms with E-state index in [4.69, 9.17) is 0 Å². The Morgan fingerprint density at radius 2 is 1.86 bits per heavy atom. The number of fused-ring (bicyclic) bond motifs is 2. The predicted octanol–water partition coefficient (Wildman–Crippen LogP) is 6.31. The lowest BCUT2D eigenvalue weighted by Gasteiger charge is -2.11. The number of aromatic amines is 2. The fraction of sp³-hybridized carbons (Fsp3) is 0.138. The molecule has 2 aromatic carbocycles. The molecule has 0 bridgehead atoms. The number of hydrogen-bond donors (Lipinski definition) is 3. The third-order valence-corrected chi connectivity index (χ3v) is 7.34. The highest BCUT2D eigenvalue weighted by Gasteiger charge is 2.15. The van der Waals surface area contributed by atoms with Gasteiger partial charge in [0.15, 0.2) is 0 Å². The van der Waals surface area contributed by atoms with Crippen LogP contribution >= 0.6 is 11.3 Å². The molecular weight excluding hydrogens is 480 g/mol. The molecule has 37 heavy (non-hydrogen) atoms. The summed E-state index contributed by atoms with van der Waals surface area (Å²) >= 11 is 1.80. The number of likely N-dealkylation sites (N-methyl/N-ethyl adjacent to an activating group) is 1. The van der Waals surface area contributed by atoms with E-state index in [0.717, 1.165) is 38.9 Å². The third kappa shape index (κ3) is 4.52. The summed E-state index contributed by atoms with van der Waals surface area (Å²) in [5, 5.41) is 12.9. The van der Waals surface area contributed by atoms with Crippen LogP contribution < -0.4 is 5.32 Å². The van der Waals surface area contributed by atoms with Crippen molar-refractivity contribution in [2.24, 2.45) is 0 Å². The highest BCUT2D eigenvalue weighted by molar-refractivity contribution is 7.15. The molecular formula is C29H26N6OS. The molecule has 3 N–H and O–H groups in total. The van der Waals surface area contributed by atoms with Gasteiger partial charge in [0, 0.05) is 43.4 Å². The number of thiophene rings is 1. The van der Waals surface area contributed by atoms with E-state index in [0.29, 0.717) is 12.2 Å². The van der Waals surface area contributed by atoms with Crippen molar-refractivity contribution in [3.63, 3.8) is 0 Å². The Hall–Kier alpha value is -4.27. The molecule has 0 fully saturated rings. The molecule has 0 unspecified atom stereocenters. The Balaban J connectivity index is 1.38. The van der Waals surface area contributed by atoms with Crippen molar-refractivity contribution >= 4 is 44.7 Å². The molecule has 4 aromatic heterocycles. The first-order chi connectivity index (χ1) is 17.9. The molecule has 0 aliphatic heterocycles. The van der Waals surface area contributed by atoms with Crippen LogP contribution in [0.3, 0.4) is 0 Å². The van der Waals surface area contributed by atoms with Crippen LogP contribution in [0.5, 0.6) is 0 Å². The van der Waals surface area contributed by atoms with Gasteiger partial charge in [-0.15, -0.1) is 11.3 Å². The summed E-state index contributed by atoms with van der Waals surface area (Å²) in [6.45, 7) is 2.44. The van der Waals surface area contributed by atoms with Gasteiger partial charge < -0.3 is 15.2 Å². The second-order valence-electron chi connectivity index (χ2n) is 9.44. The molecule has 4 heterocycles. The maximum Gasteiger partial charge on any atom is 0.238 e. The van der Waals surface area contributed by atoms with Crippen molar-refractivity contribution in [1.29, 1.82) is 0 Å². The van der Waals surface area contributed by atoms with E-state index in [1.165, 1.54) is 20.7 Å². The number of H-pyrrole nitrogens is 2. The fourth-order valence-corrected chi connectivity index (χ4v) is 5.54. The zero-order valence-corrected chi connectivity index (χ0v) is 21.6. The fourth-order valence-electron chi connectivity index (χ4n) is 4.63. The van der Waals surface area contributed by atoms with Crippen molar-refractivity contribution in [2.45, 2.75) is 6.92 Å². The second-order valence-corrected chi connectivity index (χ2v) is 10.7. The zero-order valence-electron chi connectivity index (χ0n) is 20.8. The van der Waals surface area contributed by atoms with Crippen LogP contribution in [-0.4, -0.2) is 51.6 Å². The van der Waals surface area contributed by atoms with Crippen LogP contribution in [0, 0.1) is 6.92 Å². The van der Waals surface area contributed by atoms with Gasteiger partial charge in [-0.05, 0) is 69.0 Å². The minimum absolute atomic E-state index is 0.0765. The van der Waals surface area contributed by atoms with Crippen LogP contribution in [0.4, 0.5) is 5.69 Å². The Labute approximate surface area is 218 Å². The van der Waals surface area contributed by atoms with Gasteiger partial charge in [-0.3, -0.25) is 14.9 Å². The lowest BCUT2D eigenvalue weighted by molar-refractivity contribution is -0.116. The van der Waals surface area contributed by atoms with Crippen molar-refractivity contribution in [3.05, 3.63) is 77.9 Å². The van der Waals surface area contributed by atoms with Crippen LogP contribution in [0.2, 0.25) is 0 Å². The lowest BCUT2D eigenvalue weighted by Crippen LogP contribution is -2.27. The molecule has 1 amide bonds.